The Balaban J connectivity index is 1.29. The second kappa shape index (κ2) is 9.21. The highest BCUT2D eigenvalue weighted by Gasteiger charge is 2.31. The summed E-state index contributed by atoms with van der Waals surface area (Å²) in [4.78, 5) is 16.8. The summed E-state index contributed by atoms with van der Waals surface area (Å²) in [6.45, 7) is 1.08. The molecule has 9 heteroatoms. The molecule has 1 N–H and O–H groups in total. The van der Waals surface area contributed by atoms with E-state index >= 15 is 0 Å². The van der Waals surface area contributed by atoms with Crippen molar-refractivity contribution in [2.24, 2.45) is 5.92 Å². The van der Waals surface area contributed by atoms with E-state index in [0.717, 1.165) is 11.3 Å². The van der Waals surface area contributed by atoms with Crippen LogP contribution >= 0.6 is 11.6 Å². The van der Waals surface area contributed by atoms with E-state index in [2.05, 4.69) is 10.3 Å². The molecule has 0 spiro atoms. The molecule has 3 aromatic rings. The fraction of sp³-hybridized carbons (Fsp3) is 0.273. The summed E-state index contributed by atoms with van der Waals surface area (Å²) in [6.07, 6.45) is 6.32. The lowest BCUT2D eigenvalue weighted by Crippen LogP contribution is -2.42. The molecule has 1 saturated heterocycles. The number of carbonyl (C=O) groups is 1. The lowest BCUT2D eigenvalue weighted by Gasteiger charge is -2.30. The molecule has 1 aliphatic heterocycles. The average Bonchev–Trinajstić information content (AvgIpc) is 3.33. The first-order valence-electron chi connectivity index (χ1n) is 10.0. The van der Waals surface area contributed by atoms with E-state index < -0.39 is 10.0 Å². The molecule has 31 heavy (non-hydrogen) atoms. The van der Waals surface area contributed by atoms with Gasteiger partial charge in [0.15, 0.2) is 0 Å². The summed E-state index contributed by atoms with van der Waals surface area (Å²) >= 11 is 5.85. The summed E-state index contributed by atoms with van der Waals surface area (Å²) in [5.41, 5.74) is 2.00. The number of sulfonamides is 1. The fourth-order valence-electron chi connectivity index (χ4n) is 3.65. The van der Waals surface area contributed by atoms with Crippen molar-refractivity contribution < 1.29 is 13.2 Å². The van der Waals surface area contributed by atoms with Crippen LogP contribution in [0.1, 0.15) is 18.4 Å². The number of rotatable bonds is 6. The second-order valence-corrected chi connectivity index (χ2v) is 9.86. The maximum atomic E-state index is 12.8. The molecule has 7 nitrogen and oxygen atoms in total. The van der Waals surface area contributed by atoms with Crippen LogP contribution in [0.2, 0.25) is 5.02 Å². The minimum absolute atomic E-state index is 0.0396. The molecule has 0 unspecified atom stereocenters. The normalized spacial score (nSPS) is 15.6. The minimum Gasteiger partial charge on any atom is -0.352 e. The zero-order valence-electron chi connectivity index (χ0n) is 16.8. The molecule has 1 amide bonds. The van der Waals surface area contributed by atoms with Crippen LogP contribution in [0.25, 0.3) is 5.69 Å². The van der Waals surface area contributed by atoms with E-state index in [9.17, 15) is 13.2 Å². The highest BCUT2D eigenvalue weighted by molar-refractivity contribution is 7.89. The van der Waals surface area contributed by atoms with Crippen LogP contribution in [0.5, 0.6) is 0 Å². The number of halogens is 1. The second-order valence-electron chi connectivity index (χ2n) is 7.49. The summed E-state index contributed by atoms with van der Waals surface area (Å²) in [5.74, 6) is -0.232. The molecule has 0 aliphatic carbocycles. The van der Waals surface area contributed by atoms with Crippen LogP contribution in [-0.4, -0.2) is 41.3 Å². The topological polar surface area (TPSA) is 84.3 Å². The Hall–Kier alpha value is -2.68. The first-order valence-corrected chi connectivity index (χ1v) is 11.9. The van der Waals surface area contributed by atoms with Gasteiger partial charge in [-0.1, -0.05) is 23.7 Å². The Bertz CT molecular complexity index is 1120. The summed E-state index contributed by atoms with van der Waals surface area (Å²) in [5, 5.41) is 3.47. The largest absolute Gasteiger partial charge is 0.352 e. The van der Waals surface area contributed by atoms with Gasteiger partial charge in [-0.25, -0.2) is 13.4 Å². The predicted octanol–water partition coefficient (Wildman–Crippen LogP) is 3.24. The van der Waals surface area contributed by atoms with Crippen LogP contribution < -0.4 is 5.32 Å². The SMILES string of the molecule is O=C(NCc1ccc(-n2ccnc2)cc1)C1CCN(S(=O)(=O)c2ccc(Cl)cc2)CC1. The van der Waals surface area contributed by atoms with Gasteiger partial charge in [0.2, 0.25) is 15.9 Å². The Morgan fingerprint density at radius 1 is 1.06 bits per heavy atom. The van der Waals surface area contributed by atoms with Crippen molar-refractivity contribution in [1.82, 2.24) is 19.2 Å². The number of nitrogens with zero attached hydrogens (tertiary/aromatic N) is 3. The maximum Gasteiger partial charge on any atom is 0.243 e. The number of imidazole rings is 1. The number of carbonyl (C=O) groups excluding carboxylic acids is 1. The van der Waals surface area contributed by atoms with Crippen LogP contribution in [0.15, 0.2) is 72.1 Å². The lowest BCUT2D eigenvalue weighted by atomic mass is 9.97. The number of hydrogen-bond donors (Lipinski definition) is 1. The Morgan fingerprint density at radius 3 is 2.35 bits per heavy atom. The molecule has 0 radical (unpaired) electrons. The lowest BCUT2D eigenvalue weighted by molar-refractivity contribution is -0.126. The van der Waals surface area contributed by atoms with Gasteiger partial charge in [0.1, 0.15) is 0 Å². The van der Waals surface area contributed by atoms with Crippen molar-refractivity contribution in [3.63, 3.8) is 0 Å². The third-order valence-electron chi connectivity index (χ3n) is 5.48. The first kappa shape index (κ1) is 21.5. The zero-order chi connectivity index (χ0) is 21.8. The molecule has 0 atom stereocenters. The minimum atomic E-state index is -3.57. The third kappa shape index (κ3) is 4.98. The van der Waals surface area contributed by atoms with Gasteiger partial charge in [-0.15, -0.1) is 0 Å². The molecule has 1 fully saturated rings. The van der Waals surface area contributed by atoms with Crippen molar-refractivity contribution >= 4 is 27.5 Å². The van der Waals surface area contributed by atoms with Gasteiger partial charge < -0.3 is 9.88 Å². The molecular formula is C22H23ClN4O3S. The molecule has 1 aromatic heterocycles. The third-order valence-corrected chi connectivity index (χ3v) is 7.65. The summed E-state index contributed by atoms with van der Waals surface area (Å²) in [6, 6.07) is 14.0. The number of aromatic nitrogens is 2. The average molecular weight is 459 g/mol. The van der Waals surface area contributed by atoms with E-state index in [1.165, 1.54) is 16.4 Å². The van der Waals surface area contributed by atoms with Crippen LogP contribution in [0.3, 0.4) is 0 Å². The summed E-state index contributed by atoms with van der Waals surface area (Å²) in [7, 11) is -3.57. The van der Waals surface area contributed by atoms with Crippen LogP contribution in [-0.2, 0) is 21.4 Å². The van der Waals surface area contributed by atoms with E-state index in [4.69, 9.17) is 11.6 Å². The van der Waals surface area contributed by atoms with Crippen molar-refractivity contribution in [2.75, 3.05) is 13.1 Å². The number of amides is 1. The summed E-state index contributed by atoms with van der Waals surface area (Å²) < 4.78 is 28.9. The van der Waals surface area contributed by atoms with Gasteiger partial charge in [-0.05, 0) is 54.8 Å². The molecule has 162 valence electrons. The number of hydrogen-bond acceptors (Lipinski definition) is 4. The Morgan fingerprint density at radius 2 is 1.74 bits per heavy atom. The predicted molar refractivity (Wildman–Crippen MR) is 118 cm³/mol. The van der Waals surface area contributed by atoms with Gasteiger partial charge in [-0.2, -0.15) is 4.31 Å². The monoisotopic (exact) mass is 458 g/mol. The quantitative estimate of drug-likeness (QED) is 0.614. The van der Waals surface area contributed by atoms with E-state index in [-0.39, 0.29) is 16.7 Å². The van der Waals surface area contributed by atoms with Crippen LogP contribution in [0, 0.1) is 5.92 Å². The van der Waals surface area contributed by atoms with Crippen molar-refractivity contribution in [3.05, 3.63) is 77.8 Å². The molecule has 2 heterocycles. The first-order chi connectivity index (χ1) is 14.9. The van der Waals surface area contributed by atoms with Crippen LogP contribution in [0.4, 0.5) is 0 Å². The highest BCUT2D eigenvalue weighted by Crippen LogP contribution is 2.25. The maximum absolute atomic E-state index is 12.8. The number of piperidine rings is 1. The van der Waals surface area contributed by atoms with Gasteiger partial charge in [0.05, 0.1) is 11.2 Å². The van der Waals surface area contributed by atoms with Gasteiger partial charge in [0, 0.05) is 48.7 Å². The van der Waals surface area contributed by atoms with Crippen molar-refractivity contribution in [3.8, 4) is 5.69 Å². The van der Waals surface area contributed by atoms with Gasteiger partial charge in [-0.3, -0.25) is 4.79 Å². The molecule has 0 saturated carbocycles. The molecular weight excluding hydrogens is 436 g/mol. The van der Waals surface area contributed by atoms with Gasteiger partial charge in [0.25, 0.3) is 0 Å². The van der Waals surface area contributed by atoms with Crippen molar-refractivity contribution in [2.45, 2.75) is 24.3 Å². The van der Waals surface area contributed by atoms with Crippen molar-refractivity contribution in [1.29, 1.82) is 0 Å². The molecule has 1 aliphatic rings. The number of nitrogens with one attached hydrogen (secondary N) is 1. The zero-order valence-corrected chi connectivity index (χ0v) is 18.4. The molecule has 0 bridgehead atoms. The fourth-order valence-corrected chi connectivity index (χ4v) is 5.24. The Kier molecular flexibility index (Phi) is 6.41. The Labute approximate surface area is 186 Å². The van der Waals surface area contributed by atoms with E-state index in [1.54, 1.807) is 24.7 Å². The number of benzene rings is 2. The standard InChI is InChI=1S/C22H23ClN4O3S/c23-19-3-7-21(8-4-19)31(29,30)27-12-9-18(10-13-27)22(28)25-15-17-1-5-20(6-2-17)26-14-11-24-16-26/h1-8,11,14,16,18H,9-10,12-13,15H2,(H,25,28). The van der Waals surface area contributed by atoms with E-state index in [1.807, 2.05) is 35.0 Å². The van der Waals surface area contributed by atoms with E-state index in [0.29, 0.717) is 37.5 Å². The molecule has 4 rings (SSSR count). The molecule has 2 aromatic carbocycles. The smallest absolute Gasteiger partial charge is 0.243 e. The highest BCUT2D eigenvalue weighted by atomic mass is 35.5. The van der Waals surface area contributed by atoms with Gasteiger partial charge >= 0.3 is 0 Å².